The fourth-order valence-electron chi connectivity index (χ4n) is 4.20. The Morgan fingerprint density at radius 2 is 1.85 bits per heavy atom. The SMILES string of the molecule is CNC1(/C(OS(C)(=O)=O)=C(\C)c2c(C)cc(C)nc2C)CCC(C)CC1. The molecule has 0 unspecified atom stereocenters. The first-order valence-corrected chi connectivity index (χ1v) is 11.1. The molecule has 1 aromatic rings. The van der Waals surface area contributed by atoms with Gasteiger partial charge in [0, 0.05) is 17.0 Å². The molecule has 0 bridgehead atoms. The topological polar surface area (TPSA) is 68.3 Å². The van der Waals surface area contributed by atoms with Gasteiger partial charge in [0.15, 0.2) is 0 Å². The van der Waals surface area contributed by atoms with Crippen LogP contribution in [0.15, 0.2) is 11.8 Å². The molecule has 0 aromatic carbocycles. The van der Waals surface area contributed by atoms with Gasteiger partial charge in [0.25, 0.3) is 0 Å². The van der Waals surface area contributed by atoms with E-state index in [-0.39, 0.29) is 0 Å². The van der Waals surface area contributed by atoms with Crippen molar-refractivity contribution in [3.8, 4) is 0 Å². The highest BCUT2D eigenvalue weighted by molar-refractivity contribution is 7.86. The van der Waals surface area contributed by atoms with Crippen molar-refractivity contribution in [1.82, 2.24) is 10.3 Å². The summed E-state index contributed by atoms with van der Waals surface area (Å²) in [7, 11) is -1.75. The van der Waals surface area contributed by atoms with E-state index in [1.54, 1.807) is 0 Å². The first-order chi connectivity index (χ1) is 12.0. The number of allylic oxidation sites excluding steroid dienone is 1. The van der Waals surface area contributed by atoms with E-state index in [1.807, 2.05) is 40.8 Å². The molecule has 1 aromatic heterocycles. The van der Waals surface area contributed by atoms with Crippen molar-refractivity contribution >= 4 is 15.7 Å². The zero-order valence-electron chi connectivity index (χ0n) is 17.1. The standard InChI is InChI=1S/C20H32N2O3S/c1-13-8-10-20(21-6,11-9-13)19(25-26(7,23)24)16(4)18-14(2)12-15(3)22-17(18)5/h12-13,21H,8-11H2,1-7H3/b19-16-. The number of rotatable bonds is 5. The Labute approximate surface area is 158 Å². The average Bonchev–Trinajstić information content (AvgIpc) is 2.52. The van der Waals surface area contributed by atoms with Crippen LogP contribution in [0.3, 0.4) is 0 Å². The summed E-state index contributed by atoms with van der Waals surface area (Å²) in [4.78, 5) is 4.58. The van der Waals surface area contributed by atoms with Crippen LogP contribution in [0.5, 0.6) is 0 Å². The molecule has 5 nitrogen and oxygen atoms in total. The summed E-state index contributed by atoms with van der Waals surface area (Å²) in [6, 6.07) is 2.03. The van der Waals surface area contributed by atoms with Crippen molar-refractivity contribution < 1.29 is 12.6 Å². The van der Waals surface area contributed by atoms with Gasteiger partial charge < -0.3 is 9.50 Å². The van der Waals surface area contributed by atoms with Gasteiger partial charge in [-0.3, -0.25) is 4.98 Å². The smallest absolute Gasteiger partial charge is 0.306 e. The number of aryl methyl sites for hydroxylation is 3. The van der Waals surface area contributed by atoms with E-state index >= 15 is 0 Å². The van der Waals surface area contributed by atoms with Crippen LogP contribution >= 0.6 is 0 Å². The van der Waals surface area contributed by atoms with Crippen molar-refractivity contribution in [2.75, 3.05) is 13.3 Å². The van der Waals surface area contributed by atoms with Crippen LogP contribution in [0, 0.1) is 26.7 Å². The summed E-state index contributed by atoms with van der Waals surface area (Å²) >= 11 is 0. The summed E-state index contributed by atoms with van der Waals surface area (Å²) in [5.74, 6) is 1.16. The average molecular weight is 381 g/mol. The Kier molecular flexibility index (Phi) is 6.18. The van der Waals surface area contributed by atoms with Crippen LogP contribution in [-0.4, -0.2) is 32.2 Å². The molecule has 1 heterocycles. The van der Waals surface area contributed by atoms with Crippen molar-refractivity contribution in [3.63, 3.8) is 0 Å². The zero-order chi connectivity index (χ0) is 19.7. The lowest BCUT2D eigenvalue weighted by Gasteiger charge is -2.41. The highest BCUT2D eigenvalue weighted by Gasteiger charge is 2.41. The Morgan fingerprint density at radius 1 is 1.27 bits per heavy atom. The summed E-state index contributed by atoms with van der Waals surface area (Å²) in [5.41, 5.74) is 4.28. The Bertz CT molecular complexity index is 781. The summed E-state index contributed by atoms with van der Waals surface area (Å²) in [6.45, 7) is 10.2. The minimum absolute atomic E-state index is 0.469. The number of pyridine rings is 1. The molecule has 1 aliphatic carbocycles. The summed E-state index contributed by atoms with van der Waals surface area (Å²) in [5, 5.41) is 3.39. The molecule has 1 aliphatic rings. The van der Waals surface area contributed by atoms with Crippen molar-refractivity contribution in [2.45, 2.75) is 65.8 Å². The van der Waals surface area contributed by atoms with Gasteiger partial charge >= 0.3 is 10.1 Å². The monoisotopic (exact) mass is 380 g/mol. The largest absolute Gasteiger partial charge is 0.385 e. The van der Waals surface area contributed by atoms with Gasteiger partial charge in [-0.2, -0.15) is 8.42 Å². The molecular formula is C20H32N2O3S. The lowest BCUT2D eigenvalue weighted by atomic mass is 9.74. The van der Waals surface area contributed by atoms with Crippen molar-refractivity contribution in [3.05, 3.63) is 34.3 Å². The minimum Gasteiger partial charge on any atom is -0.385 e. The highest BCUT2D eigenvalue weighted by Crippen LogP contribution is 2.41. The lowest BCUT2D eigenvalue weighted by molar-refractivity contribution is 0.190. The maximum atomic E-state index is 12.1. The van der Waals surface area contributed by atoms with Crippen LogP contribution < -0.4 is 5.32 Å². The molecule has 1 N–H and O–H groups in total. The third-order valence-electron chi connectivity index (χ3n) is 5.52. The molecule has 146 valence electrons. The number of aromatic nitrogens is 1. The van der Waals surface area contributed by atoms with Crippen LogP contribution in [0.2, 0.25) is 0 Å². The van der Waals surface area contributed by atoms with Gasteiger partial charge in [0.05, 0.1) is 11.8 Å². The fraction of sp³-hybridized carbons (Fsp3) is 0.650. The van der Waals surface area contributed by atoms with E-state index < -0.39 is 15.7 Å². The third-order valence-corrected chi connectivity index (χ3v) is 5.99. The quantitative estimate of drug-likeness (QED) is 0.620. The van der Waals surface area contributed by atoms with Gasteiger partial charge in [-0.1, -0.05) is 6.92 Å². The third kappa shape index (κ3) is 4.46. The molecule has 0 amide bonds. The lowest BCUT2D eigenvalue weighted by Crippen LogP contribution is -2.49. The number of nitrogens with one attached hydrogen (secondary N) is 1. The second-order valence-corrected chi connectivity index (χ2v) is 9.37. The predicted molar refractivity (Wildman–Crippen MR) is 106 cm³/mol. The molecule has 2 rings (SSSR count). The number of hydrogen-bond donors (Lipinski definition) is 1. The molecule has 6 heteroatoms. The minimum atomic E-state index is -3.64. The molecule has 0 aliphatic heterocycles. The molecule has 1 saturated carbocycles. The van der Waals surface area contributed by atoms with Crippen LogP contribution in [-0.2, 0) is 14.3 Å². The van der Waals surface area contributed by atoms with Crippen LogP contribution in [0.4, 0.5) is 0 Å². The van der Waals surface area contributed by atoms with Crippen LogP contribution in [0.25, 0.3) is 5.57 Å². The maximum absolute atomic E-state index is 12.1. The molecule has 0 spiro atoms. The first kappa shape index (κ1) is 20.9. The van der Waals surface area contributed by atoms with E-state index in [0.29, 0.717) is 11.7 Å². The second-order valence-electron chi connectivity index (χ2n) is 7.80. The van der Waals surface area contributed by atoms with Gasteiger partial charge in [-0.05, 0) is 83.5 Å². The number of hydrogen-bond acceptors (Lipinski definition) is 5. The normalized spacial score (nSPS) is 25.0. The van der Waals surface area contributed by atoms with E-state index in [0.717, 1.165) is 60.0 Å². The Balaban J connectivity index is 2.69. The molecular weight excluding hydrogens is 348 g/mol. The summed E-state index contributed by atoms with van der Waals surface area (Å²) < 4.78 is 29.8. The van der Waals surface area contributed by atoms with Gasteiger partial charge in [-0.25, -0.2) is 0 Å². The molecule has 0 radical (unpaired) electrons. The number of nitrogens with zero attached hydrogens (tertiary/aromatic N) is 1. The molecule has 0 saturated heterocycles. The number of likely N-dealkylation sites (N-methyl/N-ethyl adjacent to an activating group) is 1. The maximum Gasteiger partial charge on any atom is 0.306 e. The van der Waals surface area contributed by atoms with Crippen LogP contribution in [0.1, 0.15) is 62.0 Å². The Morgan fingerprint density at radius 3 is 2.31 bits per heavy atom. The fourth-order valence-corrected chi connectivity index (χ4v) is 4.79. The molecule has 26 heavy (non-hydrogen) atoms. The van der Waals surface area contributed by atoms with Gasteiger partial charge in [0.1, 0.15) is 5.76 Å². The van der Waals surface area contributed by atoms with E-state index in [9.17, 15) is 8.42 Å². The van der Waals surface area contributed by atoms with E-state index in [4.69, 9.17) is 4.18 Å². The summed E-state index contributed by atoms with van der Waals surface area (Å²) in [6.07, 6.45) is 4.89. The second kappa shape index (κ2) is 7.69. The Hall–Kier alpha value is -1.40. The first-order valence-electron chi connectivity index (χ1n) is 9.24. The van der Waals surface area contributed by atoms with E-state index in [2.05, 4.69) is 17.2 Å². The van der Waals surface area contributed by atoms with Gasteiger partial charge in [-0.15, -0.1) is 0 Å². The van der Waals surface area contributed by atoms with Gasteiger partial charge in [0.2, 0.25) is 0 Å². The van der Waals surface area contributed by atoms with Crippen molar-refractivity contribution in [2.24, 2.45) is 5.92 Å². The van der Waals surface area contributed by atoms with E-state index in [1.165, 1.54) is 0 Å². The highest BCUT2D eigenvalue weighted by atomic mass is 32.2. The van der Waals surface area contributed by atoms with Crippen molar-refractivity contribution in [1.29, 1.82) is 0 Å². The zero-order valence-corrected chi connectivity index (χ0v) is 17.9. The molecule has 0 atom stereocenters. The predicted octanol–water partition coefficient (Wildman–Crippen LogP) is 3.88. The molecule has 1 fully saturated rings.